The molecule has 1 aromatic carbocycles. The summed E-state index contributed by atoms with van der Waals surface area (Å²) in [6, 6.07) is 4.31. The first-order chi connectivity index (χ1) is 13.7. The van der Waals surface area contributed by atoms with Crippen LogP contribution in [0, 0.1) is 6.92 Å². The van der Waals surface area contributed by atoms with Crippen molar-refractivity contribution in [3.8, 4) is 0 Å². The molecule has 0 spiro atoms. The number of benzene rings is 1. The molecular weight excluding hydrogens is 416 g/mol. The number of hydrogen-bond acceptors (Lipinski definition) is 6. The fraction of sp³-hybridized carbons (Fsp3) is 0.632. The minimum Gasteiger partial charge on any atom is -0.379 e. The van der Waals surface area contributed by atoms with E-state index in [9.17, 15) is 21.6 Å². The van der Waals surface area contributed by atoms with Crippen LogP contribution in [-0.2, 0) is 24.6 Å². The van der Waals surface area contributed by atoms with Gasteiger partial charge in [0.15, 0.2) is 9.84 Å². The number of aryl methyl sites for hydroxylation is 1. The van der Waals surface area contributed by atoms with Crippen molar-refractivity contribution in [2.75, 3.05) is 44.4 Å². The first kappa shape index (κ1) is 22.2. The van der Waals surface area contributed by atoms with Gasteiger partial charge in [0.2, 0.25) is 10.0 Å². The molecule has 1 aromatic rings. The maximum atomic E-state index is 13.2. The Bertz CT molecular complexity index is 968. The van der Waals surface area contributed by atoms with Crippen molar-refractivity contribution in [3.05, 3.63) is 29.3 Å². The van der Waals surface area contributed by atoms with Crippen LogP contribution < -0.4 is 0 Å². The van der Waals surface area contributed by atoms with E-state index in [4.69, 9.17) is 4.74 Å². The molecule has 10 heteroatoms. The predicted molar refractivity (Wildman–Crippen MR) is 109 cm³/mol. The van der Waals surface area contributed by atoms with E-state index in [2.05, 4.69) is 0 Å². The summed E-state index contributed by atoms with van der Waals surface area (Å²) in [4.78, 5) is 14.9. The van der Waals surface area contributed by atoms with Crippen molar-refractivity contribution in [3.63, 3.8) is 0 Å². The Kier molecular flexibility index (Phi) is 6.67. The molecule has 0 saturated carbocycles. The third kappa shape index (κ3) is 4.82. The van der Waals surface area contributed by atoms with Crippen LogP contribution in [0.2, 0.25) is 0 Å². The smallest absolute Gasteiger partial charge is 0.254 e. The summed E-state index contributed by atoms with van der Waals surface area (Å²) in [5, 5.41) is 0. The van der Waals surface area contributed by atoms with Gasteiger partial charge in [-0.15, -0.1) is 0 Å². The molecular formula is C19H28N2O6S2. The molecule has 1 atom stereocenters. The molecule has 2 aliphatic rings. The maximum Gasteiger partial charge on any atom is 0.254 e. The van der Waals surface area contributed by atoms with E-state index in [1.807, 2.05) is 6.92 Å². The molecule has 162 valence electrons. The fourth-order valence-electron chi connectivity index (χ4n) is 3.81. The summed E-state index contributed by atoms with van der Waals surface area (Å²) in [5.41, 5.74) is 0.832. The second kappa shape index (κ2) is 8.71. The van der Waals surface area contributed by atoms with Gasteiger partial charge in [-0.1, -0.05) is 13.0 Å². The number of hydrogen-bond donors (Lipinski definition) is 0. The number of carbonyl (C=O) groups is 1. The number of sulfone groups is 1. The average Bonchev–Trinajstić information content (AvgIpc) is 3.06. The molecule has 0 bridgehead atoms. The second-order valence-corrected chi connectivity index (χ2v) is 11.7. The summed E-state index contributed by atoms with van der Waals surface area (Å²) in [6.45, 7) is 5.30. The molecule has 0 aliphatic carbocycles. The average molecular weight is 445 g/mol. The van der Waals surface area contributed by atoms with Gasteiger partial charge >= 0.3 is 0 Å². The second-order valence-electron chi connectivity index (χ2n) is 7.55. The highest BCUT2D eigenvalue weighted by molar-refractivity contribution is 7.91. The third-order valence-electron chi connectivity index (χ3n) is 5.40. The minimum atomic E-state index is -3.74. The molecule has 1 unspecified atom stereocenters. The number of ether oxygens (including phenoxy) is 1. The van der Waals surface area contributed by atoms with Gasteiger partial charge in [0, 0.05) is 31.2 Å². The van der Waals surface area contributed by atoms with Crippen molar-refractivity contribution in [1.82, 2.24) is 9.21 Å². The fourth-order valence-corrected chi connectivity index (χ4v) is 7.20. The van der Waals surface area contributed by atoms with Crippen LogP contribution in [0.4, 0.5) is 0 Å². The molecule has 2 fully saturated rings. The normalized spacial score (nSPS) is 22.5. The maximum absolute atomic E-state index is 13.2. The van der Waals surface area contributed by atoms with Crippen LogP contribution in [0.3, 0.4) is 0 Å². The standard InChI is InChI=1S/C19H28N2O6S2/c1-3-7-21(17-6-12-28(23,24)14-17)19(22)16-5-4-15(2)18(13-16)29(25,26)20-8-10-27-11-9-20/h4-5,13,17H,3,6-12,14H2,1-2H3. The zero-order valence-electron chi connectivity index (χ0n) is 16.8. The zero-order valence-corrected chi connectivity index (χ0v) is 18.5. The topological polar surface area (TPSA) is 101 Å². The van der Waals surface area contributed by atoms with Crippen LogP contribution in [0.1, 0.15) is 35.7 Å². The lowest BCUT2D eigenvalue weighted by Gasteiger charge is -2.29. The molecule has 3 rings (SSSR count). The van der Waals surface area contributed by atoms with E-state index in [0.717, 1.165) is 0 Å². The Morgan fingerprint density at radius 3 is 2.55 bits per heavy atom. The first-order valence-electron chi connectivity index (χ1n) is 9.85. The Balaban J connectivity index is 1.92. The number of sulfonamides is 1. The molecule has 2 saturated heterocycles. The van der Waals surface area contributed by atoms with E-state index in [1.54, 1.807) is 24.0 Å². The van der Waals surface area contributed by atoms with Gasteiger partial charge in [0.1, 0.15) is 0 Å². The zero-order chi connectivity index (χ0) is 21.2. The van der Waals surface area contributed by atoms with Crippen molar-refractivity contribution in [1.29, 1.82) is 0 Å². The highest BCUT2D eigenvalue weighted by Crippen LogP contribution is 2.25. The molecule has 1 amide bonds. The molecule has 29 heavy (non-hydrogen) atoms. The monoisotopic (exact) mass is 444 g/mol. The van der Waals surface area contributed by atoms with Crippen LogP contribution >= 0.6 is 0 Å². The van der Waals surface area contributed by atoms with Gasteiger partial charge in [-0.05, 0) is 37.5 Å². The molecule has 2 aliphatic heterocycles. The number of amides is 1. The van der Waals surface area contributed by atoms with E-state index in [-0.39, 0.29) is 47.0 Å². The Morgan fingerprint density at radius 2 is 1.97 bits per heavy atom. The van der Waals surface area contributed by atoms with Gasteiger partial charge in [-0.3, -0.25) is 4.79 Å². The van der Waals surface area contributed by atoms with Gasteiger partial charge in [0.05, 0.1) is 29.6 Å². The van der Waals surface area contributed by atoms with Crippen molar-refractivity contribution >= 4 is 25.8 Å². The van der Waals surface area contributed by atoms with Crippen molar-refractivity contribution in [2.24, 2.45) is 0 Å². The molecule has 0 N–H and O–H groups in total. The van der Waals surface area contributed by atoms with Crippen LogP contribution in [0.5, 0.6) is 0 Å². The van der Waals surface area contributed by atoms with Gasteiger partial charge in [-0.25, -0.2) is 16.8 Å². The molecule has 0 aromatic heterocycles. The van der Waals surface area contributed by atoms with Gasteiger partial charge in [-0.2, -0.15) is 4.31 Å². The number of morpholine rings is 1. The molecule has 0 radical (unpaired) electrons. The number of rotatable bonds is 6. The lowest BCUT2D eigenvalue weighted by atomic mass is 10.1. The highest BCUT2D eigenvalue weighted by atomic mass is 32.2. The summed E-state index contributed by atoms with van der Waals surface area (Å²) in [7, 11) is -6.87. The summed E-state index contributed by atoms with van der Waals surface area (Å²) >= 11 is 0. The van der Waals surface area contributed by atoms with Gasteiger partial charge in [0.25, 0.3) is 5.91 Å². The summed E-state index contributed by atoms with van der Waals surface area (Å²) < 4.78 is 56.5. The largest absolute Gasteiger partial charge is 0.379 e. The lowest BCUT2D eigenvalue weighted by Crippen LogP contribution is -2.42. The Hall–Kier alpha value is -1.49. The Morgan fingerprint density at radius 1 is 1.28 bits per heavy atom. The first-order valence-corrected chi connectivity index (χ1v) is 13.1. The van der Waals surface area contributed by atoms with E-state index in [0.29, 0.717) is 38.2 Å². The quantitative estimate of drug-likeness (QED) is 0.650. The summed E-state index contributed by atoms with van der Waals surface area (Å²) in [6.07, 6.45) is 1.10. The van der Waals surface area contributed by atoms with Crippen LogP contribution in [0.25, 0.3) is 0 Å². The molecule has 8 nitrogen and oxygen atoms in total. The van der Waals surface area contributed by atoms with Crippen molar-refractivity contribution in [2.45, 2.75) is 37.6 Å². The minimum absolute atomic E-state index is 0.0382. The van der Waals surface area contributed by atoms with Gasteiger partial charge < -0.3 is 9.64 Å². The number of carbonyl (C=O) groups excluding carboxylic acids is 1. The highest BCUT2D eigenvalue weighted by Gasteiger charge is 2.35. The van der Waals surface area contributed by atoms with Crippen molar-refractivity contribution < 1.29 is 26.4 Å². The Labute approximate surface area is 172 Å². The van der Waals surface area contributed by atoms with E-state index < -0.39 is 19.9 Å². The number of nitrogens with zero attached hydrogens (tertiary/aromatic N) is 2. The predicted octanol–water partition coefficient (Wildman–Crippen LogP) is 1.06. The summed E-state index contributed by atoms with van der Waals surface area (Å²) in [5.74, 6) is -0.286. The van der Waals surface area contributed by atoms with Crippen LogP contribution in [-0.4, -0.2) is 82.3 Å². The van der Waals surface area contributed by atoms with E-state index in [1.165, 1.54) is 10.4 Å². The SMILES string of the molecule is CCCN(C(=O)c1ccc(C)c(S(=O)(=O)N2CCOCC2)c1)C1CCS(=O)(=O)C1. The van der Waals surface area contributed by atoms with Crippen LogP contribution in [0.15, 0.2) is 23.1 Å². The molecule has 2 heterocycles. The van der Waals surface area contributed by atoms with E-state index >= 15 is 0 Å². The third-order valence-corrected chi connectivity index (χ3v) is 9.19. The lowest BCUT2D eigenvalue weighted by molar-refractivity contribution is 0.0696.